The van der Waals surface area contributed by atoms with E-state index in [0.717, 1.165) is 9.87 Å². The smallest absolute Gasteiger partial charge is 0.306 e. The van der Waals surface area contributed by atoms with Crippen LogP contribution < -0.4 is 4.72 Å². The second-order valence-electron chi connectivity index (χ2n) is 4.24. The summed E-state index contributed by atoms with van der Waals surface area (Å²) in [5, 5.41) is 0.306. The first-order valence-corrected chi connectivity index (χ1v) is 7.65. The standard InChI is InChI=1S/C12H17ClN2O4S/c1-9-4-5-10(13)11(8-9)14-20(17,18)15(2)7-6-12(16)19-3/h4-5,8,14H,6-7H2,1-3H3. The highest BCUT2D eigenvalue weighted by molar-refractivity contribution is 7.90. The third kappa shape index (κ3) is 4.66. The van der Waals surface area contributed by atoms with Gasteiger partial charge in [-0.25, -0.2) is 0 Å². The number of hydrogen-bond acceptors (Lipinski definition) is 4. The molecule has 0 aliphatic rings. The van der Waals surface area contributed by atoms with Gasteiger partial charge in [0.2, 0.25) is 0 Å². The van der Waals surface area contributed by atoms with Gasteiger partial charge in [0.1, 0.15) is 0 Å². The summed E-state index contributed by atoms with van der Waals surface area (Å²) in [6.07, 6.45) is -0.0184. The molecule has 0 aliphatic carbocycles. The number of methoxy groups -OCH3 is 1. The zero-order valence-electron chi connectivity index (χ0n) is 11.5. The number of halogens is 1. The van der Waals surface area contributed by atoms with Crippen molar-refractivity contribution in [1.82, 2.24) is 4.31 Å². The minimum atomic E-state index is -3.77. The van der Waals surface area contributed by atoms with Crippen LogP contribution in [-0.2, 0) is 19.7 Å². The van der Waals surface area contributed by atoms with Crippen molar-refractivity contribution in [2.24, 2.45) is 0 Å². The molecule has 0 aromatic heterocycles. The highest BCUT2D eigenvalue weighted by atomic mass is 35.5. The lowest BCUT2D eigenvalue weighted by Gasteiger charge is -2.18. The fraction of sp³-hybridized carbons (Fsp3) is 0.417. The van der Waals surface area contributed by atoms with Gasteiger partial charge >= 0.3 is 16.2 Å². The Labute approximate surface area is 123 Å². The molecule has 8 heteroatoms. The van der Waals surface area contributed by atoms with Gasteiger partial charge in [0.15, 0.2) is 0 Å². The molecule has 0 spiro atoms. The SMILES string of the molecule is COC(=O)CCN(C)S(=O)(=O)Nc1cc(C)ccc1Cl. The number of hydrogen-bond donors (Lipinski definition) is 1. The van der Waals surface area contributed by atoms with Crippen LogP contribution in [0, 0.1) is 6.92 Å². The van der Waals surface area contributed by atoms with Gasteiger partial charge in [-0.15, -0.1) is 0 Å². The highest BCUT2D eigenvalue weighted by Crippen LogP contribution is 2.24. The molecule has 6 nitrogen and oxygen atoms in total. The Bertz CT molecular complexity index is 589. The summed E-state index contributed by atoms with van der Waals surface area (Å²) >= 11 is 5.94. The molecule has 0 amide bonds. The molecule has 0 saturated heterocycles. The van der Waals surface area contributed by atoms with Crippen LogP contribution in [0.25, 0.3) is 0 Å². The second kappa shape index (κ2) is 6.92. The summed E-state index contributed by atoms with van der Waals surface area (Å²) in [5.41, 5.74) is 1.18. The summed E-state index contributed by atoms with van der Waals surface area (Å²) in [6, 6.07) is 5.03. The van der Waals surface area contributed by atoms with Gasteiger partial charge in [0.25, 0.3) is 0 Å². The lowest BCUT2D eigenvalue weighted by Crippen LogP contribution is -2.34. The van der Waals surface area contributed by atoms with Gasteiger partial charge < -0.3 is 4.74 Å². The topological polar surface area (TPSA) is 75.7 Å². The number of carbonyl (C=O) groups excluding carboxylic acids is 1. The van der Waals surface area contributed by atoms with E-state index in [2.05, 4.69) is 9.46 Å². The van der Waals surface area contributed by atoms with Crippen LogP contribution in [0.3, 0.4) is 0 Å². The molecule has 1 rings (SSSR count). The maximum Gasteiger partial charge on any atom is 0.306 e. The number of aryl methyl sites for hydroxylation is 1. The van der Waals surface area contributed by atoms with Crippen LogP contribution in [0.4, 0.5) is 5.69 Å². The lowest BCUT2D eigenvalue weighted by atomic mass is 10.2. The molecule has 112 valence electrons. The molecule has 0 aliphatic heterocycles. The average Bonchev–Trinajstić information content (AvgIpc) is 2.39. The van der Waals surface area contributed by atoms with Crippen molar-refractivity contribution >= 4 is 33.5 Å². The average molecular weight is 321 g/mol. The summed E-state index contributed by atoms with van der Waals surface area (Å²) in [4.78, 5) is 11.0. The number of nitrogens with one attached hydrogen (secondary N) is 1. The largest absolute Gasteiger partial charge is 0.469 e. The van der Waals surface area contributed by atoms with Crippen LogP contribution in [-0.4, -0.2) is 39.4 Å². The zero-order chi connectivity index (χ0) is 15.3. The van der Waals surface area contributed by atoms with Crippen molar-refractivity contribution < 1.29 is 17.9 Å². The predicted octanol–water partition coefficient (Wildman–Crippen LogP) is 1.80. The van der Waals surface area contributed by atoms with E-state index < -0.39 is 16.2 Å². The van der Waals surface area contributed by atoms with Crippen LogP contribution in [0.2, 0.25) is 5.02 Å². The first kappa shape index (κ1) is 16.7. The first-order valence-electron chi connectivity index (χ1n) is 5.83. The molecular weight excluding hydrogens is 304 g/mol. The number of esters is 1. The molecule has 0 heterocycles. The molecule has 20 heavy (non-hydrogen) atoms. The summed E-state index contributed by atoms with van der Waals surface area (Å²) in [6.45, 7) is 1.85. The normalized spacial score (nSPS) is 11.4. The van der Waals surface area contributed by atoms with Gasteiger partial charge in [-0.1, -0.05) is 17.7 Å². The van der Waals surface area contributed by atoms with Gasteiger partial charge in [0, 0.05) is 13.6 Å². The molecule has 1 N–H and O–H groups in total. The molecule has 1 aromatic rings. The van der Waals surface area contributed by atoms with E-state index in [1.165, 1.54) is 14.2 Å². The molecule has 0 atom stereocenters. The van der Waals surface area contributed by atoms with E-state index >= 15 is 0 Å². The van der Waals surface area contributed by atoms with E-state index in [1.807, 2.05) is 6.92 Å². The van der Waals surface area contributed by atoms with Crippen LogP contribution in [0.1, 0.15) is 12.0 Å². The molecule has 1 aromatic carbocycles. The monoisotopic (exact) mass is 320 g/mol. The Morgan fingerprint density at radius 2 is 2.10 bits per heavy atom. The molecule has 0 radical (unpaired) electrons. The fourth-order valence-electron chi connectivity index (χ4n) is 1.41. The van der Waals surface area contributed by atoms with Crippen molar-refractivity contribution in [3.8, 4) is 0 Å². The summed E-state index contributed by atoms with van der Waals surface area (Å²) in [5.74, 6) is -0.472. The van der Waals surface area contributed by atoms with Crippen molar-refractivity contribution in [2.75, 3.05) is 25.4 Å². The molecular formula is C12H17ClN2O4S. The van der Waals surface area contributed by atoms with Crippen LogP contribution in [0.15, 0.2) is 18.2 Å². The number of benzene rings is 1. The van der Waals surface area contributed by atoms with Gasteiger partial charge in [0.05, 0.1) is 24.2 Å². The number of carbonyl (C=O) groups is 1. The number of anilines is 1. The fourth-order valence-corrected chi connectivity index (χ4v) is 2.56. The molecule has 0 bridgehead atoms. The number of nitrogens with zero attached hydrogens (tertiary/aromatic N) is 1. The van der Waals surface area contributed by atoms with Gasteiger partial charge in [-0.05, 0) is 24.6 Å². The van der Waals surface area contributed by atoms with E-state index in [1.54, 1.807) is 18.2 Å². The predicted molar refractivity (Wildman–Crippen MR) is 78.0 cm³/mol. The van der Waals surface area contributed by atoms with Gasteiger partial charge in [-0.2, -0.15) is 12.7 Å². The Morgan fingerprint density at radius 1 is 1.45 bits per heavy atom. The van der Waals surface area contributed by atoms with Crippen molar-refractivity contribution in [1.29, 1.82) is 0 Å². The molecule has 0 fully saturated rings. The van der Waals surface area contributed by atoms with E-state index in [9.17, 15) is 13.2 Å². The van der Waals surface area contributed by atoms with E-state index in [0.29, 0.717) is 10.7 Å². The van der Waals surface area contributed by atoms with Crippen LogP contribution >= 0.6 is 11.6 Å². The maximum absolute atomic E-state index is 12.1. The zero-order valence-corrected chi connectivity index (χ0v) is 13.1. The quantitative estimate of drug-likeness (QED) is 0.811. The maximum atomic E-state index is 12.1. The van der Waals surface area contributed by atoms with Gasteiger partial charge in [-0.3, -0.25) is 9.52 Å². The second-order valence-corrected chi connectivity index (χ2v) is 6.42. The van der Waals surface area contributed by atoms with Crippen molar-refractivity contribution in [2.45, 2.75) is 13.3 Å². The summed E-state index contributed by atoms with van der Waals surface area (Å²) in [7, 11) is -1.14. The third-order valence-corrected chi connectivity index (χ3v) is 4.44. The van der Waals surface area contributed by atoms with E-state index in [4.69, 9.17) is 11.6 Å². The minimum absolute atomic E-state index is 0.0184. The Balaban J connectivity index is 2.78. The van der Waals surface area contributed by atoms with E-state index in [-0.39, 0.29) is 13.0 Å². The Hall–Kier alpha value is -1.31. The van der Waals surface area contributed by atoms with Crippen molar-refractivity contribution in [3.05, 3.63) is 28.8 Å². The minimum Gasteiger partial charge on any atom is -0.469 e. The van der Waals surface area contributed by atoms with Crippen LogP contribution in [0.5, 0.6) is 0 Å². The molecule has 0 saturated carbocycles. The number of ether oxygens (including phenoxy) is 1. The number of rotatable bonds is 6. The Kier molecular flexibility index (Phi) is 5.79. The lowest BCUT2D eigenvalue weighted by molar-refractivity contribution is -0.140. The molecule has 0 unspecified atom stereocenters. The van der Waals surface area contributed by atoms with Crippen molar-refractivity contribution in [3.63, 3.8) is 0 Å². The first-order chi connectivity index (χ1) is 9.26. The third-order valence-electron chi connectivity index (χ3n) is 2.63. The highest BCUT2D eigenvalue weighted by Gasteiger charge is 2.19. The summed E-state index contributed by atoms with van der Waals surface area (Å²) < 4.78 is 32.0. The Morgan fingerprint density at radius 3 is 2.70 bits per heavy atom.